The summed E-state index contributed by atoms with van der Waals surface area (Å²) >= 11 is 3.43. The van der Waals surface area contributed by atoms with Crippen molar-refractivity contribution in [2.75, 3.05) is 11.1 Å². The van der Waals surface area contributed by atoms with Gasteiger partial charge in [0.1, 0.15) is 5.82 Å². The third-order valence-electron chi connectivity index (χ3n) is 2.49. The highest BCUT2D eigenvalue weighted by Crippen LogP contribution is 2.25. The van der Waals surface area contributed by atoms with Crippen LogP contribution in [0.3, 0.4) is 0 Å². The van der Waals surface area contributed by atoms with E-state index < -0.39 is 0 Å². The van der Waals surface area contributed by atoms with Gasteiger partial charge in [-0.2, -0.15) is 0 Å². The Kier molecular flexibility index (Phi) is 3.64. The molecular formula is C13H14BrN3. The fourth-order valence-corrected chi connectivity index (χ4v) is 1.97. The second-order valence-corrected chi connectivity index (χ2v) is 4.63. The van der Waals surface area contributed by atoms with Crippen molar-refractivity contribution in [3.8, 4) is 0 Å². The van der Waals surface area contributed by atoms with Crippen molar-refractivity contribution in [3.05, 3.63) is 46.6 Å². The quantitative estimate of drug-likeness (QED) is 0.906. The maximum Gasteiger partial charge on any atom is 0.144 e. The van der Waals surface area contributed by atoms with Crippen molar-refractivity contribution in [2.45, 2.75) is 13.3 Å². The molecule has 0 aliphatic rings. The van der Waals surface area contributed by atoms with E-state index >= 15 is 0 Å². The van der Waals surface area contributed by atoms with Gasteiger partial charge in [-0.25, -0.2) is 4.98 Å². The maximum absolute atomic E-state index is 5.64. The zero-order valence-electron chi connectivity index (χ0n) is 9.57. The zero-order valence-corrected chi connectivity index (χ0v) is 11.2. The fourth-order valence-electron chi connectivity index (χ4n) is 1.51. The van der Waals surface area contributed by atoms with Crippen LogP contribution in [0, 0.1) is 0 Å². The van der Waals surface area contributed by atoms with Gasteiger partial charge in [-0.05, 0) is 46.1 Å². The molecule has 0 spiro atoms. The predicted molar refractivity (Wildman–Crippen MR) is 75.5 cm³/mol. The summed E-state index contributed by atoms with van der Waals surface area (Å²) in [5.74, 6) is 0.767. The summed E-state index contributed by atoms with van der Waals surface area (Å²) in [7, 11) is 0. The molecule has 0 bridgehead atoms. The molecule has 3 N–H and O–H groups in total. The van der Waals surface area contributed by atoms with Crippen LogP contribution in [0.5, 0.6) is 0 Å². The third kappa shape index (κ3) is 2.97. The molecule has 0 amide bonds. The number of nitrogens with zero attached hydrogens (tertiary/aromatic N) is 1. The molecule has 0 unspecified atom stereocenters. The number of anilines is 3. The highest BCUT2D eigenvalue weighted by atomic mass is 79.9. The topological polar surface area (TPSA) is 50.9 Å². The van der Waals surface area contributed by atoms with E-state index in [0.29, 0.717) is 5.69 Å². The molecule has 0 radical (unpaired) electrons. The van der Waals surface area contributed by atoms with E-state index in [0.717, 1.165) is 22.4 Å². The Labute approximate surface area is 109 Å². The SMILES string of the molecule is CCc1ccc(Nc2ncc(N)cc2Br)cc1. The van der Waals surface area contributed by atoms with Crippen LogP contribution < -0.4 is 11.1 Å². The van der Waals surface area contributed by atoms with Crippen LogP contribution in [0.25, 0.3) is 0 Å². The van der Waals surface area contributed by atoms with E-state index in [4.69, 9.17) is 5.73 Å². The largest absolute Gasteiger partial charge is 0.397 e. The second-order valence-electron chi connectivity index (χ2n) is 3.77. The smallest absolute Gasteiger partial charge is 0.144 e. The molecule has 0 atom stereocenters. The number of pyridine rings is 1. The first-order valence-electron chi connectivity index (χ1n) is 5.46. The van der Waals surface area contributed by atoms with E-state index in [9.17, 15) is 0 Å². The van der Waals surface area contributed by atoms with Gasteiger partial charge in [0.15, 0.2) is 0 Å². The lowest BCUT2D eigenvalue weighted by atomic mass is 10.1. The summed E-state index contributed by atoms with van der Waals surface area (Å²) in [4.78, 5) is 4.23. The maximum atomic E-state index is 5.64. The van der Waals surface area contributed by atoms with E-state index in [2.05, 4.69) is 45.3 Å². The van der Waals surface area contributed by atoms with Crippen molar-refractivity contribution in [1.29, 1.82) is 0 Å². The highest BCUT2D eigenvalue weighted by molar-refractivity contribution is 9.10. The molecule has 0 fully saturated rings. The molecule has 0 aliphatic carbocycles. The lowest BCUT2D eigenvalue weighted by Gasteiger charge is -2.08. The number of benzene rings is 1. The first-order valence-corrected chi connectivity index (χ1v) is 6.25. The molecule has 1 heterocycles. The zero-order chi connectivity index (χ0) is 12.3. The van der Waals surface area contributed by atoms with Gasteiger partial charge in [0.2, 0.25) is 0 Å². The van der Waals surface area contributed by atoms with Gasteiger partial charge in [0, 0.05) is 5.69 Å². The van der Waals surface area contributed by atoms with E-state index in [1.54, 1.807) is 6.20 Å². The van der Waals surface area contributed by atoms with Gasteiger partial charge >= 0.3 is 0 Å². The summed E-state index contributed by atoms with van der Waals surface area (Å²) in [6.45, 7) is 2.14. The third-order valence-corrected chi connectivity index (χ3v) is 3.09. The number of nitrogen functional groups attached to an aromatic ring is 1. The number of aryl methyl sites for hydroxylation is 1. The average Bonchev–Trinajstić information content (AvgIpc) is 2.34. The number of rotatable bonds is 3. The Bertz CT molecular complexity index is 509. The second kappa shape index (κ2) is 5.19. The Balaban J connectivity index is 2.19. The molecule has 2 rings (SSSR count). The number of nitrogens with one attached hydrogen (secondary N) is 1. The molecular weight excluding hydrogens is 278 g/mol. The summed E-state index contributed by atoms with van der Waals surface area (Å²) in [5.41, 5.74) is 8.61. The number of halogens is 1. The van der Waals surface area contributed by atoms with Crippen molar-refractivity contribution in [1.82, 2.24) is 4.98 Å². The van der Waals surface area contributed by atoms with E-state index in [1.165, 1.54) is 5.56 Å². The van der Waals surface area contributed by atoms with Crippen LogP contribution in [0.4, 0.5) is 17.2 Å². The van der Waals surface area contributed by atoms with Gasteiger partial charge in [-0.3, -0.25) is 0 Å². The first-order chi connectivity index (χ1) is 8.19. The summed E-state index contributed by atoms with van der Waals surface area (Å²) < 4.78 is 0.858. The van der Waals surface area contributed by atoms with Gasteiger partial charge in [0.05, 0.1) is 16.4 Å². The molecule has 0 aliphatic heterocycles. The molecule has 1 aromatic heterocycles. The van der Waals surface area contributed by atoms with Crippen LogP contribution in [-0.2, 0) is 6.42 Å². The number of hydrogen-bond acceptors (Lipinski definition) is 3. The number of nitrogens with two attached hydrogens (primary N) is 1. The van der Waals surface area contributed by atoms with Gasteiger partial charge in [0.25, 0.3) is 0 Å². The number of aromatic nitrogens is 1. The highest BCUT2D eigenvalue weighted by Gasteiger charge is 2.02. The van der Waals surface area contributed by atoms with E-state index in [1.807, 2.05) is 18.2 Å². The lowest BCUT2D eigenvalue weighted by molar-refractivity contribution is 1.14. The molecule has 2 aromatic rings. The summed E-state index contributed by atoms with van der Waals surface area (Å²) in [6, 6.07) is 10.1. The summed E-state index contributed by atoms with van der Waals surface area (Å²) in [5, 5.41) is 3.24. The minimum absolute atomic E-state index is 0.642. The predicted octanol–water partition coefficient (Wildman–Crippen LogP) is 3.73. The van der Waals surface area contributed by atoms with Crippen LogP contribution in [0.2, 0.25) is 0 Å². The Morgan fingerprint density at radius 3 is 2.59 bits per heavy atom. The fraction of sp³-hybridized carbons (Fsp3) is 0.154. The molecule has 0 saturated carbocycles. The Morgan fingerprint density at radius 2 is 2.00 bits per heavy atom. The normalized spacial score (nSPS) is 10.2. The lowest BCUT2D eigenvalue weighted by Crippen LogP contribution is -1.96. The molecule has 0 saturated heterocycles. The van der Waals surface area contributed by atoms with Crippen LogP contribution in [-0.4, -0.2) is 4.98 Å². The minimum Gasteiger partial charge on any atom is -0.397 e. The van der Waals surface area contributed by atoms with Crippen LogP contribution in [0.1, 0.15) is 12.5 Å². The van der Waals surface area contributed by atoms with Crippen molar-refractivity contribution < 1.29 is 0 Å². The van der Waals surface area contributed by atoms with Crippen LogP contribution in [0.15, 0.2) is 41.0 Å². The Morgan fingerprint density at radius 1 is 1.29 bits per heavy atom. The summed E-state index contributed by atoms with van der Waals surface area (Å²) in [6.07, 6.45) is 2.68. The van der Waals surface area contributed by atoms with Crippen LogP contribution >= 0.6 is 15.9 Å². The monoisotopic (exact) mass is 291 g/mol. The molecule has 88 valence electrons. The Hall–Kier alpha value is -1.55. The minimum atomic E-state index is 0.642. The average molecular weight is 292 g/mol. The molecule has 3 nitrogen and oxygen atoms in total. The molecule has 1 aromatic carbocycles. The standard InChI is InChI=1S/C13H14BrN3/c1-2-9-3-5-11(6-4-9)17-13-12(14)7-10(15)8-16-13/h3-8H,2,15H2,1H3,(H,16,17). The molecule has 4 heteroatoms. The van der Waals surface area contributed by atoms with Gasteiger partial charge < -0.3 is 11.1 Å². The van der Waals surface area contributed by atoms with Crippen molar-refractivity contribution in [3.63, 3.8) is 0 Å². The number of hydrogen-bond donors (Lipinski definition) is 2. The van der Waals surface area contributed by atoms with Crippen molar-refractivity contribution in [2.24, 2.45) is 0 Å². The van der Waals surface area contributed by atoms with Gasteiger partial charge in [-0.1, -0.05) is 19.1 Å². The molecule has 17 heavy (non-hydrogen) atoms. The van der Waals surface area contributed by atoms with E-state index in [-0.39, 0.29) is 0 Å². The first kappa shape index (κ1) is 11.9. The van der Waals surface area contributed by atoms with Crippen molar-refractivity contribution >= 4 is 33.1 Å². The van der Waals surface area contributed by atoms with Gasteiger partial charge in [-0.15, -0.1) is 0 Å².